The third-order valence-corrected chi connectivity index (χ3v) is 5.27. The smallest absolute Gasteiger partial charge is 0.230 e. The Morgan fingerprint density at radius 2 is 1.88 bits per heavy atom. The van der Waals surface area contributed by atoms with Crippen LogP contribution in [-0.4, -0.2) is 33.5 Å². The van der Waals surface area contributed by atoms with Crippen LogP contribution in [0.15, 0.2) is 24.3 Å². The van der Waals surface area contributed by atoms with E-state index in [0.717, 1.165) is 34.7 Å². The van der Waals surface area contributed by atoms with Crippen molar-refractivity contribution < 1.29 is 9.59 Å². The molecule has 1 fully saturated rings. The zero-order chi connectivity index (χ0) is 19.0. The summed E-state index contributed by atoms with van der Waals surface area (Å²) >= 11 is 0. The molecule has 1 aliphatic heterocycles. The van der Waals surface area contributed by atoms with Crippen molar-refractivity contribution in [2.45, 2.75) is 46.7 Å². The highest BCUT2D eigenvalue weighted by Crippen LogP contribution is 2.38. The summed E-state index contributed by atoms with van der Waals surface area (Å²) in [7, 11) is 1.77. The molecule has 2 aromatic rings. The van der Waals surface area contributed by atoms with Crippen LogP contribution in [0, 0.1) is 26.7 Å². The number of carbonyl (C=O) groups is 2. The average Bonchev–Trinajstić information content (AvgIpc) is 3.06. The molecule has 6 nitrogen and oxygen atoms in total. The van der Waals surface area contributed by atoms with Gasteiger partial charge in [0.05, 0.1) is 29.0 Å². The minimum absolute atomic E-state index is 0.00609. The van der Waals surface area contributed by atoms with E-state index in [1.165, 1.54) is 0 Å². The van der Waals surface area contributed by atoms with Crippen molar-refractivity contribution in [1.29, 1.82) is 0 Å². The molecule has 0 bridgehead atoms. The monoisotopic (exact) mass is 354 g/mol. The number of likely N-dealkylation sites (tertiary alicyclic amines) is 1. The largest absolute Gasteiger partial charge is 0.338 e. The van der Waals surface area contributed by atoms with Gasteiger partial charge in [0.1, 0.15) is 0 Å². The maximum atomic E-state index is 13.0. The number of amides is 2. The van der Waals surface area contributed by atoms with Crippen LogP contribution in [0.25, 0.3) is 0 Å². The lowest BCUT2D eigenvalue weighted by molar-refractivity contribution is -0.127. The zero-order valence-electron chi connectivity index (χ0n) is 16.0. The van der Waals surface area contributed by atoms with E-state index in [0.29, 0.717) is 0 Å². The van der Waals surface area contributed by atoms with Gasteiger partial charge < -0.3 is 10.2 Å². The van der Waals surface area contributed by atoms with Crippen LogP contribution < -0.4 is 5.32 Å². The van der Waals surface area contributed by atoms with Crippen molar-refractivity contribution in [2.75, 3.05) is 12.4 Å². The van der Waals surface area contributed by atoms with Gasteiger partial charge in [-0.25, -0.2) is 0 Å². The van der Waals surface area contributed by atoms with Crippen LogP contribution in [0.2, 0.25) is 0 Å². The average molecular weight is 354 g/mol. The fraction of sp³-hybridized carbons (Fsp3) is 0.450. The van der Waals surface area contributed by atoms with E-state index in [9.17, 15) is 9.59 Å². The highest BCUT2D eigenvalue weighted by atomic mass is 16.2. The van der Waals surface area contributed by atoms with Crippen LogP contribution >= 0.6 is 0 Å². The van der Waals surface area contributed by atoms with E-state index in [1.807, 2.05) is 56.6 Å². The van der Waals surface area contributed by atoms with Crippen molar-refractivity contribution in [3.05, 3.63) is 46.8 Å². The normalized spacial score (nSPS) is 19.9. The molecule has 1 N–H and O–H groups in total. The highest BCUT2D eigenvalue weighted by molar-refractivity contribution is 5.98. The van der Waals surface area contributed by atoms with Crippen LogP contribution in [-0.2, 0) is 16.1 Å². The Kier molecular flexibility index (Phi) is 4.85. The molecular formula is C20H26N4O2. The molecule has 1 aromatic heterocycles. The van der Waals surface area contributed by atoms with Gasteiger partial charge in [0, 0.05) is 20.0 Å². The molecule has 2 amide bonds. The molecular weight excluding hydrogens is 328 g/mol. The topological polar surface area (TPSA) is 67.2 Å². The predicted molar refractivity (Wildman–Crippen MR) is 101 cm³/mol. The maximum Gasteiger partial charge on any atom is 0.230 e. The van der Waals surface area contributed by atoms with Gasteiger partial charge in [-0.3, -0.25) is 14.3 Å². The van der Waals surface area contributed by atoms with E-state index in [4.69, 9.17) is 0 Å². The summed E-state index contributed by atoms with van der Waals surface area (Å²) in [6, 6.07) is 7.79. The fourth-order valence-corrected chi connectivity index (χ4v) is 3.73. The molecule has 1 aromatic carbocycles. The van der Waals surface area contributed by atoms with E-state index < -0.39 is 5.92 Å². The number of anilines is 1. The molecule has 1 saturated heterocycles. The summed E-state index contributed by atoms with van der Waals surface area (Å²) in [6.45, 7) is 8.62. The first-order valence-electron chi connectivity index (χ1n) is 9.00. The Morgan fingerprint density at radius 3 is 2.46 bits per heavy atom. The molecule has 0 radical (unpaired) electrons. The number of benzene rings is 1. The summed E-state index contributed by atoms with van der Waals surface area (Å²) in [5, 5.41) is 7.48. The van der Waals surface area contributed by atoms with Crippen molar-refractivity contribution in [3.8, 4) is 0 Å². The molecule has 0 spiro atoms. The molecule has 0 unspecified atom stereocenters. The Hall–Kier alpha value is -2.63. The molecule has 2 atom stereocenters. The lowest BCUT2D eigenvalue weighted by Gasteiger charge is -2.25. The summed E-state index contributed by atoms with van der Waals surface area (Å²) in [6.07, 6.45) is 0.223. The Morgan fingerprint density at radius 1 is 1.23 bits per heavy atom. The number of hydrogen-bond donors (Lipinski definition) is 1. The SMILES string of the molecule is CCn1nc(C)c(NC(=O)[C@@H]2CC(=O)N(C)[C@H]2c2ccc(C)cc2)c1C. The van der Waals surface area contributed by atoms with Crippen molar-refractivity contribution in [2.24, 2.45) is 5.92 Å². The van der Waals surface area contributed by atoms with Gasteiger partial charge in [0.15, 0.2) is 0 Å². The molecule has 3 rings (SSSR count). The Bertz CT molecular complexity index is 838. The molecule has 26 heavy (non-hydrogen) atoms. The second kappa shape index (κ2) is 6.94. The molecule has 0 aliphatic carbocycles. The number of hydrogen-bond acceptors (Lipinski definition) is 3. The quantitative estimate of drug-likeness (QED) is 0.918. The molecule has 0 saturated carbocycles. The number of aromatic nitrogens is 2. The first-order valence-corrected chi connectivity index (χ1v) is 9.00. The molecule has 2 heterocycles. The van der Waals surface area contributed by atoms with E-state index in [1.54, 1.807) is 11.9 Å². The van der Waals surface area contributed by atoms with Crippen LogP contribution in [0.5, 0.6) is 0 Å². The van der Waals surface area contributed by atoms with E-state index in [2.05, 4.69) is 10.4 Å². The van der Waals surface area contributed by atoms with E-state index >= 15 is 0 Å². The number of nitrogens with zero attached hydrogens (tertiary/aromatic N) is 3. The minimum Gasteiger partial charge on any atom is -0.338 e. The summed E-state index contributed by atoms with van der Waals surface area (Å²) < 4.78 is 1.87. The van der Waals surface area contributed by atoms with Gasteiger partial charge in [-0.05, 0) is 33.3 Å². The van der Waals surface area contributed by atoms with Gasteiger partial charge in [0.2, 0.25) is 11.8 Å². The van der Waals surface area contributed by atoms with Gasteiger partial charge in [-0.1, -0.05) is 29.8 Å². The van der Waals surface area contributed by atoms with E-state index in [-0.39, 0.29) is 24.3 Å². The fourth-order valence-electron chi connectivity index (χ4n) is 3.73. The van der Waals surface area contributed by atoms with Crippen molar-refractivity contribution in [1.82, 2.24) is 14.7 Å². The predicted octanol–water partition coefficient (Wildman–Crippen LogP) is 2.99. The van der Waals surface area contributed by atoms with Crippen LogP contribution in [0.4, 0.5) is 5.69 Å². The first-order chi connectivity index (χ1) is 12.3. The number of rotatable bonds is 4. The van der Waals surface area contributed by atoms with Gasteiger partial charge in [-0.2, -0.15) is 5.10 Å². The zero-order valence-corrected chi connectivity index (χ0v) is 16.0. The second-order valence-corrected chi connectivity index (χ2v) is 7.02. The second-order valence-electron chi connectivity index (χ2n) is 7.02. The van der Waals surface area contributed by atoms with Crippen molar-refractivity contribution >= 4 is 17.5 Å². The number of aryl methyl sites for hydroxylation is 3. The van der Waals surface area contributed by atoms with Gasteiger partial charge in [0.25, 0.3) is 0 Å². The minimum atomic E-state index is -0.418. The van der Waals surface area contributed by atoms with Crippen molar-refractivity contribution in [3.63, 3.8) is 0 Å². The molecule has 6 heteroatoms. The lowest BCUT2D eigenvalue weighted by Crippen LogP contribution is -2.30. The van der Waals surface area contributed by atoms with Crippen LogP contribution in [0.3, 0.4) is 0 Å². The number of nitrogens with one attached hydrogen (secondary N) is 1. The molecule has 138 valence electrons. The standard InChI is InChI=1S/C20H26N4O2/c1-6-24-14(4)18(13(3)22-24)21-20(26)16-11-17(25)23(5)19(16)15-9-7-12(2)8-10-15/h7-10,16,19H,6,11H2,1-5H3,(H,21,26)/t16-,19+/m1/s1. The third kappa shape index (κ3) is 3.11. The summed E-state index contributed by atoms with van der Waals surface area (Å²) in [4.78, 5) is 27.0. The first kappa shape index (κ1) is 18.2. The summed E-state index contributed by atoms with van der Waals surface area (Å²) in [5.74, 6) is -0.553. The summed E-state index contributed by atoms with van der Waals surface area (Å²) in [5.41, 5.74) is 4.62. The van der Waals surface area contributed by atoms with Crippen LogP contribution in [0.1, 0.15) is 41.9 Å². The lowest BCUT2D eigenvalue weighted by atomic mass is 9.92. The third-order valence-electron chi connectivity index (χ3n) is 5.27. The highest BCUT2D eigenvalue weighted by Gasteiger charge is 2.42. The Balaban J connectivity index is 1.88. The van der Waals surface area contributed by atoms with Gasteiger partial charge in [-0.15, -0.1) is 0 Å². The Labute approximate surface area is 154 Å². The maximum absolute atomic E-state index is 13.0. The molecule has 1 aliphatic rings. The van der Waals surface area contributed by atoms with Gasteiger partial charge >= 0.3 is 0 Å². The number of carbonyl (C=O) groups excluding carboxylic acids is 2.